The number of aromatic amines is 1. The number of rotatable bonds is 8. The van der Waals surface area contributed by atoms with Gasteiger partial charge in [-0.3, -0.25) is 14.5 Å². The molecule has 1 atom stereocenters. The van der Waals surface area contributed by atoms with Crippen LogP contribution < -0.4 is 5.32 Å². The van der Waals surface area contributed by atoms with Crippen LogP contribution in [0.15, 0.2) is 41.8 Å². The van der Waals surface area contributed by atoms with Crippen molar-refractivity contribution in [2.24, 2.45) is 0 Å². The Hall–Kier alpha value is -2.36. The molecule has 0 aliphatic carbocycles. The number of hydrogen-bond acceptors (Lipinski definition) is 5. The Morgan fingerprint density at radius 1 is 1.39 bits per heavy atom. The Bertz CT molecular complexity index is 980. The van der Waals surface area contributed by atoms with E-state index in [0.29, 0.717) is 17.9 Å². The van der Waals surface area contributed by atoms with Gasteiger partial charge in [0, 0.05) is 19.5 Å². The fraction of sp³-hybridized carbons (Fsp3) is 0.316. The number of benzene rings is 1. The molecule has 2 aromatic heterocycles. The number of likely N-dealkylation sites (N-methyl/N-ethyl adjacent to an activating group) is 1. The Labute approximate surface area is 172 Å². The predicted molar refractivity (Wildman–Crippen MR) is 111 cm³/mol. The van der Waals surface area contributed by atoms with Gasteiger partial charge in [-0.25, -0.2) is 4.39 Å². The molecule has 2 N–H and O–H groups in total. The topological polar surface area (TPSA) is 66.0 Å². The fourth-order valence-electron chi connectivity index (χ4n) is 2.94. The van der Waals surface area contributed by atoms with Crippen LogP contribution in [-0.2, 0) is 11.3 Å². The SMILES string of the molecule is CN(C)[C@@H](CNC(=O)CCn1c(-c2cccs2)n[nH]c1=S)c1cccc(F)c1. The van der Waals surface area contributed by atoms with Crippen LogP contribution in [0.4, 0.5) is 4.39 Å². The molecule has 3 rings (SSSR count). The number of amides is 1. The largest absolute Gasteiger partial charge is 0.354 e. The lowest BCUT2D eigenvalue weighted by atomic mass is 10.1. The Kier molecular flexibility index (Phi) is 6.71. The van der Waals surface area contributed by atoms with E-state index in [-0.39, 0.29) is 24.2 Å². The van der Waals surface area contributed by atoms with Crippen LogP contribution in [-0.4, -0.2) is 46.2 Å². The van der Waals surface area contributed by atoms with Gasteiger partial charge < -0.3 is 10.2 Å². The first kappa shape index (κ1) is 20.4. The van der Waals surface area contributed by atoms with E-state index >= 15 is 0 Å². The van der Waals surface area contributed by atoms with Gasteiger partial charge in [0.1, 0.15) is 5.82 Å². The average Bonchev–Trinajstić information content (AvgIpc) is 3.29. The van der Waals surface area contributed by atoms with Crippen molar-refractivity contribution in [2.45, 2.75) is 19.0 Å². The molecule has 3 aromatic rings. The monoisotopic (exact) mass is 419 g/mol. The highest BCUT2D eigenvalue weighted by atomic mass is 32.1. The summed E-state index contributed by atoms with van der Waals surface area (Å²) < 4.78 is 15.9. The molecule has 0 saturated carbocycles. The van der Waals surface area contributed by atoms with Crippen molar-refractivity contribution in [2.75, 3.05) is 20.6 Å². The number of H-pyrrole nitrogens is 1. The van der Waals surface area contributed by atoms with Gasteiger partial charge in [-0.15, -0.1) is 11.3 Å². The van der Waals surface area contributed by atoms with Crippen molar-refractivity contribution in [3.63, 3.8) is 0 Å². The van der Waals surface area contributed by atoms with Gasteiger partial charge in [-0.2, -0.15) is 5.10 Å². The highest BCUT2D eigenvalue weighted by Crippen LogP contribution is 2.23. The molecule has 0 aliphatic rings. The molecule has 1 aromatic carbocycles. The second-order valence-corrected chi connectivity index (χ2v) is 7.90. The van der Waals surface area contributed by atoms with Gasteiger partial charge in [0.05, 0.1) is 10.9 Å². The molecule has 148 valence electrons. The van der Waals surface area contributed by atoms with Gasteiger partial charge in [0.2, 0.25) is 5.91 Å². The van der Waals surface area contributed by atoms with Crippen LogP contribution in [0.25, 0.3) is 10.7 Å². The lowest BCUT2D eigenvalue weighted by Gasteiger charge is -2.25. The summed E-state index contributed by atoms with van der Waals surface area (Å²) in [5, 5.41) is 12.0. The number of nitrogens with zero attached hydrogens (tertiary/aromatic N) is 3. The normalized spacial score (nSPS) is 12.3. The minimum Gasteiger partial charge on any atom is -0.354 e. The number of halogens is 1. The number of carbonyl (C=O) groups excluding carboxylic acids is 1. The predicted octanol–water partition coefficient (Wildman–Crippen LogP) is 3.62. The molecule has 0 unspecified atom stereocenters. The number of aromatic nitrogens is 3. The lowest BCUT2D eigenvalue weighted by Crippen LogP contribution is -2.35. The molecule has 0 radical (unpaired) electrons. The summed E-state index contributed by atoms with van der Waals surface area (Å²) >= 11 is 6.86. The van der Waals surface area contributed by atoms with E-state index in [2.05, 4.69) is 15.5 Å². The summed E-state index contributed by atoms with van der Waals surface area (Å²) in [4.78, 5) is 15.3. The highest BCUT2D eigenvalue weighted by Gasteiger charge is 2.16. The first-order chi connectivity index (χ1) is 13.5. The number of thiophene rings is 1. The second-order valence-electron chi connectivity index (χ2n) is 6.57. The first-order valence-corrected chi connectivity index (χ1v) is 10.1. The molecule has 0 spiro atoms. The van der Waals surface area contributed by atoms with Crippen LogP contribution in [0.1, 0.15) is 18.0 Å². The maximum absolute atomic E-state index is 13.5. The van der Waals surface area contributed by atoms with Gasteiger partial charge in [0.25, 0.3) is 0 Å². The Balaban J connectivity index is 1.60. The van der Waals surface area contributed by atoms with Crippen LogP contribution in [0.2, 0.25) is 0 Å². The average molecular weight is 420 g/mol. The number of carbonyl (C=O) groups is 1. The zero-order valence-corrected chi connectivity index (χ0v) is 17.3. The van der Waals surface area contributed by atoms with E-state index in [4.69, 9.17) is 12.2 Å². The fourth-order valence-corrected chi connectivity index (χ4v) is 3.89. The molecule has 9 heteroatoms. The minimum absolute atomic E-state index is 0.0940. The maximum atomic E-state index is 13.5. The van der Waals surface area contributed by atoms with Crippen molar-refractivity contribution in [1.82, 2.24) is 25.0 Å². The van der Waals surface area contributed by atoms with E-state index in [1.54, 1.807) is 17.4 Å². The van der Waals surface area contributed by atoms with Crippen molar-refractivity contribution in [3.8, 4) is 10.7 Å². The molecule has 0 saturated heterocycles. The Morgan fingerprint density at radius 3 is 2.89 bits per heavy atom. The van der Waals surface area contributed by atoms with Gasteiger partial charge in [-0.1, -0.05) is 18.2 Å². The molecule has 1 amide bonds. The number of hydrogen-bond donors (Lipinski definition) is 2. The zero-order valence-electron chi connectivity index (χ0n) is 15.7. The molecule has 6 nitrogen and oxygen atoms in total. The first-order valence-electron chi connectivity index (χ1n) is 8.83. The van der Waals surface area contributed by atoms with Gasteiger partial charge >= 0.3 is 0 Å². The molecule has 2 heterocycles. The van der Waals surface area contributed by atoms with E-state index in [1.807, 2.05) is 47.1 Å². The molecular formula is C19H22FN5OS2. The summed E-state index contributed by atoms with van der Waals surface area (Å²) in [5.74, 6) is 0.355. The second kappa shape index (κ2) is 9.22. The highest BCUT2D eigenvalue weighted by molar-refractivity contribution is 7.71. The minimum atomic E-state index is -0.286. The van der Waals surface area contributed by atoms with Crippen molar-refractivity contribution < 1.29 is 9.18 Å². The van der Waals surface area contributed by atoms with Crippen LogP contribution in [0.5, 0.6) is 0 Å². The standard InChI is InChI=1S/C19H22FN5OS2/c1-24(2)15(13-5-3-6-14(20)11-13)12-21-17(26)8-9-25-18(22-23-19(25)27)16-7-4-10-28-16/h3-7,10-11,15H,8-9,12H2,1-2H3,(H,21,26)(H,23,27)/t15-/m0/s1. The van der Waals surface area contributed by atoms with E-state index < -0.39 is 0 Å². The third kappa shape index (κ3) is 4.92. The summed E-state index contributed by atoms with van der Waals surface area (Å²) in [6.45, 7) is 0.824. The zero-order chi connectivity index (χ0) is 20.1. The van der Waals surface area contributed by atoms with Crippen LogP contribution in [0.3, 0.4) is 0 Å². The molecule has 0 aliphatic heterocycles. The molecule has 28 heavy (non-hydrogen) atoms. The van der Waals surface area contributed by atoms with Crippen LogP contribution in [0, 0.1) is 10.6 Å². The van der Waals surface area contributed by atoms with Gasteiger partial charge in [0.15, 0.2) is 10.6 Å². The maximum Gasteiger partial charge on any atom is 0.221 e. The van der Waals surface area contributed by atoms with Crippen molar-refractivity contribution in [1.29, 1.82) is 0 Å². The summed E-state index contributed by atoms with van der Waals surface area (Å²) in [6.07, 6.45) is 0.273. The van der Waals surface area contributed by atoms with E-state index in [9.17, 15) is 9.18 Å². The smallest absolute Gasteiger partial charge is 0.221 e. The van der Waals surface area contributed by atoms with E-state index in [0.717, 1.165) is 16.3 Å². The quantitative estimate of drug-likeness (QED) is 0.548. The van der Waals surface area contributed by atoms with Crippen LogP contribution >= 0.6 is 23.6 Å². The Morgan fingerprint density at radius 2 is 2.21 bits per heavy atom. The lowest BCUT2D eigenvalue weighted by molar-refractivity contribution is -0.121. The molecule has 0 fully saturated rings. The van der Waals surface area contributed by atoms with Crippen molar-refractivity contribution >= 4 is 29.5 Å². The molecular weight excluding hydrogens is 397 g/mol. The third-order valence-electron chi connectivity index (χ3n) is 4.41. The summed E-state index contributed by atoms with van der Waals surface area (Å²) in [5.41, 5.74) is 0.822. The van der Waals surface area contributed by atoms with E-state index in [1.165, 1.54) is 12.1 Å². The summed E-state index contributed by atoms with van der Waals surface area (Å²) in [6, 6.07) is 10.2. The van der Waals surface area contributed by atoms with Gasteiger partial charge in [-0.05, 0) is 55.5 Å². The summed E-state index contributed by atoms with van der Waals surface area (Å²) in [7, 11) is 3.81. The third-order valence-corrected chi connectivity index (χ3v) is 5.59. The molecule has 0 bridgehead atoms. The number of nitrogens with one attached hydrogen (secondary N) is 2. The van der Waals surface area contributed by atoms with Crippen molar-refractivity contribution in [3.05, 3.63) is 57.9 Å².